The number of nitrogens with zero attached hydrogens (tertiary/aromatic N) is 1. The summed E-state index contributed by atoms with van der Waals surface area (Å²) in [7, 11) is 1.57. The zero-order chi connectivity index (χ0) is 14.2. The molecule has 0 aliphatic carbocycles. The molecule has 0 unspecified atom stereocenters. The Hall–Kier alpha value is -2.30. The van der Waals surface area contributed by atoms with E-state index in [1.165, 1.54) is 0 Å². The Labute approximate surface area is 111 Å². The number of aromatic amines is 1. The predicted octanol–water partition coefficient (Wildman–Crippen LogP) is 2.71. The number of H-pyrrole nitrogens is 1. The van der Waals surface area contributed by atoms with Gasteiger partial charge in [-0.05, 0) is 44.0 Å². The lowest BCUT2D eigenvalue weighted by Gasteiger charge is -2.12. The van der Waals surface area contributed by atoms with Crippen LogP contribution in [0.3, 0.4) is 0 Å². The summed E-state index contributed by atoms with van der Waals surface area (Å²) in [6.07, 6.45) is 0. The fourth-order valence-electron chi connectivity index (χ4n) is 2.07. The highest BCUT2D eigenvalue weighted by Gasteiger charge is 2.21. The summed E-state index contributed by atoms with van der Waals surface area (Å²) in [5, 5.41) is 15.8. The van der Waals surface area contributed by atoms with Crippen LogP contribution in [0, 0.1) is 20.8 Å². The third-order valence-corrected chi connectivity index (χ3v) is 3.23. The molecule has 0 saturated heterocycles. The van der Waals surface area contributed by atoms with Gasteiger partial charge >= 0.3 is 5.97 Å². The molecule has 0 aliphatic rings. The van der Waals surface area contributed by atoms with Crippen molar-refractivity contribution < 1.29 is 14.6 Å². The van der Waals surface area contributed by atoms with Crippen LogP contribution >= 0.6 is 0 Å². The van der Waals surface area contributed by atoms with Crippen molar-refractivity contribution in [1.82, 2.24) is 10.2 Å². The van der Waals surface area contributed by atoms with E-state index < -0.39 is 5.97 Å². The van der Waals surface area contributed by atoms with Gasteiger partial charge in [0, 0.05) is 16.8 Å². The maximum absolute atomic E-state index is 11.2. The third kappa shape index (κ3) is 2.19. The Morgan fingerprint density at radius 3 is 2.47 bits per heavy atom. The molecule has 0 saturated carbocycles. The van der Waals surface area contributed by atoms with Gasteiger partial charge in [0.15, 0.2) is 5.69 Å². The van der Waals surface area contributed by atoms with Crippen molar-refractivity contribution in [3.05, 3.63) is 34.6 Å². The topological polar surface area (TPSA) is 75.2 Å². The van der Waals surface area contributed by atoms with E-state index in [1.807, 2.05) is 26.0 Å². The van der Waals surface area contributed by atoms with Gasteiger partial charge in [-0.25, -0.2) is 4.79 Å². The van der Waals surface area contributed by atoms with E-state index in [0.717, 1.165) is 16.7 Å². The number of methoxy groups -OCH3 is 1. The van der Waals surface area contributed by atoms with E-state index in [1.54, 1.807) is 14.0 Å². The van der Waals surface area contributed by atoms with Gasteiger partial charge in [0.25, 0.3) is 0 Å². The average molecular weight is 260 g/mol. The summed E-state index contributed by atoms with van der Waals surface area (Å²) in [4.78, 5) is 11.2. The number of carboxylic acid groups (broad SMARTS) is 1. The van der Waals surface area contributed by atoms with Crippen LogP contribution < -0.4 is 4.74 Å². The molecule has 0 radical (unpaired) electrons. The highest BCUT2D eigenvalue weighted by molar-refractivity contribution is 5.96. The van der Waals surface area contributed by atoms with Crippen molar-refractivity contribution >= 4 is 5.97 Å². The number of carboxylic acids is 1. The second-order valence-electron chi connectivity index (χ2n) is 4.51. The van der Waals surface area contributed by atoms with Crippen LogP contribution in [0.4, 0.5) is 0 Å². The maximum atomic E-state index is 11.2. The Balaban J connectivity index is 2.75. The zero-order valence-electron chi connectivity index (χ0n) is 11.4. The molecule has 0 fully saturated rings. The molecule has 0 atom stereocenters. The Bertz CT molecular complexity index is 644. The minimum absolute atomic E-state index is 0.0130. The first-order valence-electron chi connectivity index (χ1n) is 5.89. The number of ether oxygens (including phenoxy) is 1. The molecule has 100 valence electrons. The van der Waals surface area contributed by atoms with E-state index in [9.17, 15) is 9.90 Å². The summed E-state index contributed by atoms with van der Waals surface area (Å²) < 4.78 is 5.36. The summed E-state index contributed by atoms with van der Waals surface area (Å²) in [6.45, 7) is 5.76. The minimum atomic E-state index is -1.06. The Morgan fingerprint density at radius 2 is 1.89 bits per heavy atom. The lowest BCUT2D eigenvalue weighted by atomic mass is 9.97. The molecule has 0 spiro atoms. The standard InChI is InChI=1S/C14H16N2O3/c1-7-5-10(11(19-4)6-8(7)2)12-9(3)15-16-13(12)14(17)18/h5-6H,1-4H3,(H,15,16)(H,17,18). The fourth-order valence-corrected chi connectivity index (χ4v) is 2.07. The Kier molecular flexibility index (Phi) is 3.29. The van der Waals surface area contributed by atoms with Crippen LogP contribution in [0.5, 0.6) is 5.75 Å². The second-order valence-corrected chi connectivity index (χ2v) is 4.51. The van der Waals surface area contributed by atoms with Crippen molar-refractivity contribution in [2.24, 2.45) is 0 Å². The van der Waals surface area contributed by atoms with Gasteiger partial charge in [0.1, 0.15) is 5.75 Å². The van der Waals surface area contributed by atoms with Crippen LogP contribution in [0.25, 0.3) is 11.1 Å². The van der Waals surface area contributed by atoms with Crippen molar-refractivity contribution in [2.75, 3.05) is 7.11 Å². The van der Waals surface area contributed by atoms with Gasteiger partial charge < -0.3 is 9.84 Å². The number of aromatic nitrogens is 2. The number of aryl methyl sites for hydroxylation is 3. The molecule has 2 N–H and O–H groups in total. The molecule has 0 bridgehead atoms. The van der Waals surface area contributed by atoms with Crippen molar-refractivity contribution in [3.8, 4) is 16.9 Å². The van der Waals surface area contributed by atoms with E-state index >= 15 is 0 Å². The molecular weight excluding hydrogens is 244 g/mol. The van der Waals surface area contributed by atoms with Crippen LogP contribution in [0.2, 0.25) is 0 Å². The molecular formula is C14H16N2O3. The first-order valence-corrected chi connectivity index (χ1v) is 5.89. The lowest BCUT2D eigenvalue weighted by Crippen LogP contribution is -2.01. The third-order valence-electron chi connectivity index (χ3n) is 3.23. The molecule has 1 heterocycles. The van der Waals surface area contributed by atoms with Gasteiger partial charge in [-0.3, -0.25) is 5.10 Å². The quantitative estimate of drug-likeness (QED) is 0.889. The molecule has 19 heavy (non-hydrogen) atoms. The van der Waals surface area contributed by atoms with Gasteiger partial charge in [-0.1, -0.05) is 0 Å². The summed E-state index contributed by atoms with van der Waals surface area (Å²) in [5.74, 6) is -0.408. The zero-order valence-corrected chi connectivity index (χ0v) is 11.4. The Morgan fingerprint density at radius 1 is 1.26 bits per heavy atom. The summed E-state index contributed by atoms with van der Waals surface area (Å²) in [5.41, 5.74) is 4.21. The molecule has 1 aromatic carbocycles. The molecule has 2 aromatic rings. The number of hydrogen-bond donors (Lipinski definition) is 2. The molecule has 5 nitrogen and oxygen atoms in total. The number of benzene rings is 1. The first-order chi connectivity index (χ1) is 8.95. The number of nitrogens with one attached hydrogen (secondary N) is 1. The molecule has 2 rings (SSSR count). The molecule has 5 heteroatoms. The molecule has 0 aliphatic heterocycles. The van der Waals surface area contributed by atoms with Crippen LogP contribution in [0.15, 0.2) is 12.1 Å². The van der Waals surface area contributed by atoms with Crippen LogP contribution in [-0.4, -0.2) is 28.4 Å². The fraction of sp³-hybridized carbons (Fsp3) is 0.286. The highest BCUT2D eigenvalue weighted by atomic mass is 16.5. The monoisotopic (exact) mass is 260 g/mol. The van der Waals surface area contributed by atoms with Crippen molar-refractivity contribution in [1.29, 1.82) is 0 Å². The van der Waals surface area contributed by atoms with E-state index in [0.29, 0.717) is 17.0 Å². The van der Waals surface area contributed by atoms with Gasteiger partial charge in [-0.2, -0.15) is 5.10 Å². The largest absolute Gasteiger partial charge is 0.496 e. The van der Waals surface area contributed by atoms with Gasteiger partial charge in [0.05, 0.1) is 7.11 Å². The second kappa shape index (κ2) is 4.76. The number of rotatable bonds is 3. The van der Waals surface area contributed by atoms with Crippen LogP contribution in [-0.2, 0) is 0 Å². The SMILES string of the molecule is COc1cc(C)c(C)cc1-c1c(C(=O)O)n[nH]c1C. The first kappa shape index (κ1) is 13.1. The van der Waals surface area contributed by atoms with E-state index in [4.69, 9.17) is 4.74 Å². The predicted molar refractivity (Wildman–Crippen MR) is 71.7 cm³/mol. The minimum Gasteiger partial charge on any atom is -0.496 e. The normalized spacial score (nSPS) is 10.5. The lowest BCUT2D eigenvalue weighted by molar-refractivity contribution is 0.0691. The number of hydrogen-bond acceptors (Lipinski definition) is 3. The average Bonchev–Trinajstić information content (AvgIpc) is 2.74. The summed E-state index contributed by atoms with van der Waals surface area (Å²) >= 11 is 0. The van der Waals surface area contributed by atoms with Gasteiger partial charge in [-0.15, -0.1) is 0 Å². The van der Waals surface area contributed by atoms with Crippen molar-refractivity contribution in [2.45, 2.75) is 20.8 Å². The maximum Gasteiger partial charge on any atom is 0.357 e. The van der Waals surface area contributed by atoms with E-state index in [-0.39, 0.29) is 5.69 Å². The number of aromatic carboxylic acids is 1. The number of carbonyl (C=O) groups is 1. The van der Waals surface area contributed by atoms with Gasteiger partial charge in [0.2, 0.25) is 0 Å². The van der Waals surface area contributed by atoms with E-state index in [2.05, 4.69) is 10.2 Å². The molecule has 0 amide bonds. The highest BCUT2D eigenvalue weighted by Crippen LogP contribution is 2.35. The summed E-state index contributed by atoms with van der Waals surface area (Å²) in [6, 6.07) is 3.83. The van der Waals surface area contributed by atoms with Crippen molar-refractivity contribution in [3.63, 3.8) is 0 Å². The molecule has 1 aromatic heterocycles. The van der Waals surface area contributed by atoms with Crippen LogP contribution in [0.1, 0.15) is 27.3 Å². The smallest absolute Gasteiger partial charge is 0.357 e.